The average Bonchev–Trinajstić information content (AvgIpc) is 2.04. The summed E-state index contributed by atoms with van der Waals surface area (Å²) in [6.45, 7) is 0. The molecule has 2 rings (SSSR count). The molecule has 12 heavy (non-hydrogen) atoms. The molecule has 2 heteroatoms. The molecule has 1 aliphatic rings. The lowest BCUT2D eigenvalue weighted by Gasteiger charge is -2.22. The van der Waals surface area contributed by atoms with E-state index in [9.17, 15) is 5.11 Å². The number of hydrogen-bond acceptors (Lipinski definition) is 2. The summed E-state index contributed by atoms with van der Waals surface area (Å²) in [6.07, 6.45) is 3.18. The number of fused-ring (bicyclic) bond motifs is 1. The Balaban J connectivity index is 2.53. The topological polar surface area (TPSA) is 46.2 Å². The molecule has 3 N–H and O–H groups in total. The molecule has 0 amide bonds. The van der Waals surface area contributed by atoms with Gasteiger partial charge in [-0.2, -0.15) is 0 Å². The predicted octanol–water partition coefficient (Wildman–Crippen LogP) is 1.73. The van der Waals surface area contributed by atoms with E-state index >= 15 is 0 Å². The molecule has 1 atom stereocenters. The fourth-order valence-corrected chi connectivity index (χ4v) is 1.90. The van der Waals surface area contributed by atoms with Crippen molar-refractivity contribution in [2.75, 3.05) is 0 Å². The largest absolute Gasteiger partial charge is 0.508 e. The molecular formula is C10H13NO. The van der Waals surface area contributed by atoms with E-state index in [2.05, 4.69) is 0 Å². The summed E-state index contributed by atoms with van der Waals surface area (Å²) in [5.41, 5.74) is 8.07. The second-order valence-electron chi connectivity index (χ2n) is 3.35. The molecule has 0 saturated heterocycles. The van der Waals surface area contributed by atoms with E-state index in [1.165, 1.54) is 5.56 Å². The van der Waals surface area contributed by atoms with Gasteiger partial charge >= 0.3 is 0 Å². The first kappa shape index (κ1) is 7.62. The Labute approximate surface area is 72.0 Å². The lowest BCUT2D eigenvalue weighted by molar-refractivity contribution is 0.448. The molecule has 0 fully saturated rings. The van der Waals surface area contributed by atoms with Crippen molar-refractivity contribution < 1.29 is 5.11 Å². The van der Waals surface area contributed by atoms with Gasteiger partial charge in [0.15, 0.2) is 0 Å². The summed E-state index contributed by atoms with van der Waals surface area (Å²) < 4.78 is 0. The summed E-state index contributed by atoms with van der Waals surface area (Å²) in [7, 11) is 0. The third kappa shape index (κ3) is 1.08. The van der Waals surface area contributed by atoms with E-state index in [1.54, 1.807) is 6.07 Å². The summed E-state index contributed by atoms with van der Waals surface area (Å²) in [6, 6.07) is 5.68. The summed E-state index contributed by atoms with van der Waals surface area (Å²) in [4.78, 5) is 0. The second-order valence-corrected chi connectivity index (χ2v) is 3.35. The fraction of sp³-hybridized carbons (Fsp3) is 0.400. The maximum absolute atomic E-state index is 9.55. The molecule has 64 valence electrons. The van der Waals surface area contributed by atoms with Crippen molar-refractivity contribution in [2.45, 2.75) is 25.3 Å². The molecule has 0 bridgehead atoms. The molecule has 1 aromatic rings. The minimum Gasteiger partial charge on any atom is -0.508 e. The maximum atomic E-state index is 9.55. The van der Waals surface area contributed by atoms with E-state index in [-0.39, 0.29) is 6.04 Å². The van der Waals surface area contributed by atoms with Crippen molar-refractivity contribution in [3.63, 3.8) is 0 Å². The lowest BCUT2D eigenvalue weighted by Crippen LogP contribution is -2.17. The van der Waals surface area contributed by atoms with E-state index in [1.807, 2.05) is 12.1 Å². The second kappa shape index (κ2) is 2.79. The van der Waals surface area contributed by atoms with E-state index in [0.29, 0.717) is 5.75 Å². The van der Waals surface area contributed by atoms with Crippen LogP contribution in [0.1, 0.15) is 30.0 Å². The zero-order valence-electron chi connectivity index (χ0n) is 6.96. The number of phenolic OH excluding ortho intramolecular Hbond substituents is 1. The van der Waals surface area contributed by atoms with Crippen LogP contribution in [0.4, 0.5) is 0 Å². The molecule has 0 radical (unpaired) electrons. The number of aromatic hydroxyl groups is 1. The number of hydrogen-bond donors (Lipinski definition) is 2. The number of nitrogens with two attached hydrogens (primary N) is 1. The third-order valence-corrected chi connectivity index (χ3v) is 2.51. The minimum atomic E-state index is 0.0370. The Morgan fingerprint density at radius 2 is 2.25 bits per heavy atom. The van der Waals surface area contributed by atoms with Crippen LogP contribution < -0.4 is 5.73 Å². The lowest BCUT2D eigenvalue weighted by atomic mass is 9.88. The first-order valence-electron chi connectivity index (χ1n) is 4.35. The first-order valence-corrected chi connectivity index (χ1v) is 4.35. The normalized spacial score (nSPS) is 21.9. The van der Waals surface area contributed by atoms with Crippen LogP contribution in [0.5, 0.6) is 5.75 Å². The van der Waals surface area contributed by atoms with E-state index < -0.39 is 0 Å². The Hall–Kier alpha value is -1.02. The van der Waals surface area contributed by atoms with Crippen molar-refractivity contribution in [3.05, 3.63) is 29.3 Å². The van der Waals surface area contributed by atoms with E-state index in [0.717, 1.165) is 24.8 Å². The van der Waals surface area contributed by atoms with Gasteiger partial charge in [-0.05, 0) is 30.9 Å². The van der Waals surface area contributed by atoms with Gasteiger partial charge in [0.25, 0.3) is 0 Å². The zero-order chi connectivity index (χ0) is 8.55. The van der Waals surface area contributed by atoms with Gasteiger partial charge in [-0.3, -0.25) is 0 Å². The number of benzene rings is 1. The van der Waals surface area contributed by atoms with Crippen molar-refractivity contribution in [2.24, 2.45) is 5.73 Å². The van der Waals surface area contributed by atoms with Crippen LogP contribution in [-0.2, 0) is 6.42 Å². The maximum Gasteiger partial charge on any atom is 0.120 e. The van der Waals surface area contributed by atoms with E-state index in [4.69, 9.17) is 5.73 Å². The molecule has 0 heterocycles. The molecule has 0 spiro atoms. The molecular weight excluding hydrogens is 150 g/mol. The monoisotopic (exact) mass is 163 g/mol. The van der Waals surface area contributed by atoms with Gasteiger partial charge in [-0.1, -0.05) is 12.1 Å². The molecule has 2 nitrogen and oxygen atoms in total. The highest BCUT2D eigenvalue weighted by Crippen LogP contribution is 2.33. The van der Waals surface area contributed by atoms with Crippen LogP contribution in [0.2, 0.25) is 0 Å². The smallest absolute Gasteiger partial charge is 0.120 e. The van der Waals surface area contributed by atoms with Crippen molar-refractivity contribution in [1.29, 1.82) is 0 Å². The SMILES string of the molecule is NC1CCCc2cccc(O)c21. The van der Waals surface area contributed by atoms with Crippen LogP contribution in [-0.4, -0.2) is 5.11 Å². The van der Waals surface area contributed by atoms with Gasteiger partial charge in [-0.15, -0.1) is 0 Å². The number of aryl methyl sites for hydroxylation is 1. The summed E-state index contributed by atoms with van der Waals surface area (Å²) in [5, 5.41) is 9.55. The minimum absolute atomic E-state index is 0.0370. The molecule has 0 aromatic heterocycles. The zero-order valence-corrected chi connectivity index (χ0v) is 6.96. The molecule has 1 aliphatic carbocycles. The highest BCUT2D eigenvalue weighted by atomic mass is 16.3. The standard InChI is InChI=1S/C10H13NO/c11-8-5-1-3-7-4-2-6-9(12)10(7)8/h2,4,6,8,12H,1,3,5,11H2. The van der Waals surface area contributed by atoms with Crippen LogP contribution in [0.3, 0.4) is 0 Å². The number of rotatable bonds is 0. The number of phenols is 1. The summed E-state index contributed by atoms with van der Waals surface area (Å²) >= 11 is 0. The Morgan fingerprint density at radius 1 is 1.42 bits per heavy atom. The van der Waals surface area contributed by atoms with Gasteiger partial charge in [-0.25, -0.2) is 0 Å². The third-order valence-electron chi connectivity index (χ3n) is 2.51. The fourth-order valence-electron chi connectivity index (χ4n) is 1.90. The van der Waals surface area contributed by atoms with Gasteiger partial charge in [0.05, 0.1) is 0 Å². The van der Waals surface area contributed by atoms with Crippen LogP contribution in [0.25, 0.3) is 0 Å². The van der Waals surface area contributed by atoms with Crippen molar-refractivity contribution >= 4 is 0 Å². The molecule has 0 aliphatic heterocycles. The predicted molar refractivity (Wildman–Crippen MR) is 48.0 cm³/mol. The average molecular weight is 163 g/mol. The van der Waals surface area contributed by atoms with Gasteiger partial charge in [0.1, 0.15) is 5.75 Å². The molecule has 1 unspecified atom stereocenters. The Kier molecular flexibility index (Phi) is 1.77. The first-order chi connectivity index (χ1) is 5.79. The van der Waals surface area contributed by atoms with Gasteiger partial charge in [0, 0.05) is 11.6 Å². The summed E-state index contributed by atoms with van der Waals surface area (Å²) in [5.74, 6) is 0.361. The van der Waals surface area contributed by atoms with Crippen LogP contribution in [0.15, 0.2) is 18.2 Å². The van der Waals surface area contributed by atoms with Gasteiger partial charge < -0.3 is 10.8 Å². The Morgan fingerprint density at radius 3 is 3.00 bits per heavy atom. The van der Waals surface area contributed by atoms with Gasteiger partial charge in [0.2, 0.25) is 0 Å². The quantitative estimate of drug-likeness (QED) is 0.611. The highest BCUT2D eigenvalue weighted by Gasteiger charge is 2.19. The van der Waals surface area contributed by atoms with Crippen molar-refractivity contribution in [3.8, 4) is 5.75 Å². The molecule has 1 aromatic carbocycles. The Bertz CT molecular complexity index is 296. The highest BCUT2D eigenvalue weighted by molar-refractivity contribution is 5.42. The molecule has 0 saturated carbocycles. The van der Waals surface area contributed by atoms with Crippen LogP contribution in [0, 0.1) is 0 Å². The van der Waals surface area contributed by atoms with Crippen molar-refractivity contribution in [1.82, 2.24) is 0 Å². The van der Waals surface area contributed by atoms with Crippen LogP contribution >= 0.6 is 0 Å².